The Morgan fingerprint density at radius 1 is 1.00 bits per heavy atom. The van der Waals surface area contributed by atoms with Gasteiger partial charge in [-0.05, 0) is 60.7 Å². The summed E-state index contributed by atoms with van der Waals surface area (Å²) in [6.45, 7) is 2.79. The van der Waals surface area contributed by atoms with Crippen LogP contribution in [0.4, 0.5) is 11.4 Å². The molecular formula is C34H32BrCl2N3O7. The number of ether oxygens (including phenoxy) is 2. The summed E-state index contributed by atoms with van der Waals surface area (Å²) in [7, 11) is 1.44. The van der Waals surface area contributed by atoms with Gasteiger partial charge < -0.3 is 19.5 Å². The van der Waals surface area contributed by atoms with E-state index < -0.39 is 45.2 Å². The lowest BCUT2D eigenvalue weighted by molar-refractivity contribution is -0.138. The molecule has 6 atom stereocenters. The zero-order valence-electron chi connectivity index (χ0n) is 25.4. The van der Waals surface area contributed by atoms with Gasteiger partial charge in [-0.15, -0.1) is 23.2 Å². The number of aromatic hydroxyl groups is 1. The van der Waals surface area contributed by atoms with Crippen molar-refractivity contribution >= 4 is 80.2 Å². The molecule has 7 rings (SSSR count). The minimum absolute atomic E-state index is 0.0359. The molecule has 2 aromatic rings. The number of imide groups is 2. The second-order valence-corrected chi connectivity index (χ2v) is 14.2. The van der Waals surface area contributed by atoms with Crippen molar-refractivity contribution < 1.29 is 33.8 Å². The topological polar surface area (TPSA) is 117 Å². The number of phenolic OH excluding ortho intramolecular Hbond substituents is 1. The molecule has 1 N–H and O–H groups in total. The van der Waals surface area contributed by atoms with Crippen LogP contribution >= 0.6 is 39.1 Å². The molecule has 0 spiro atoms. The highest BCUT2D eigenvalue weighted by Crippen LogP contribution is 2.63. The molecule has 2 aliphatic carbocycles. The number of amides is 4. The van der Waals surface area contributed by atoms with Crippen molar-refractivity contribution in [3.63, 3.8) is 0 Å². The number of fused-ring (bicyclic) bond motifs is 4. The number of phenols is 1. The smallest absolute Gasteiger partial charge is 0.254 e. The normalized spacial score (nSPS) is 32.1. The molecule has 3 heterocycles. The van der Waals surface area contributed by atoms with Crippen LogP contribution in [0.2, 0.25) is 0 Å². The number of halogens is 3. The van der Waals surface area contributed by atoms with E-state index in [2.05, 4.69) is 20.8 Å². The number of rotatable bonds is 6. The number of anilines is 2. The lowest BCUT2D eigenvalue weighted by Crippen LogP contribution is -2.60. The maximum absolute atomic E-state index is 14.3. The third-order valence-corrected chi connectivity index (χ3v) is 12.2. The van der Waals surface area contributed by atoms with E-state index in [9.17, 15) is 24.3 Å². The van der Waals surface area contributed by atoms with Crippen molar-refractivity contribution in [2.75, 3.05) is 48.7 Å². The Bertz CT molecular complexity index is 1730. The van der Waals surface area contributed by atoms with Crippen molar-refractivity contribution in [2.24, 2.45) is 23.7 Å². The molecule has 2 aromatic carbocycles. The molecule has 3 aliphatic heterocycles. The van der Waals surface area contributed by atoms with Crippen LogP contribution < -0.4 is 14.5 Å². The maximum atomic E-state index is 14.3. The number of methoxy groups -OCH3 is 1. The van der Waals surface area contributed by atoms with Crippen LogP contribution in [-0.2, 0) is 23.9 Å². The van der Waals surface area contributed by atoms with Crippen molar-refractivity contribution in [1.82, 2.24) is 4.90 Å². The fourth-order valence-electron chi connectivity index (χ4n) is 7.90. The van der Waals surface area contributed by atoms with E-state index in [0.717, 1.165) is 23.7 Å². The fraction of sp³-hybridized carbons (Fsp3) is 0.412. The van der Waals surface area contributed by atoms with E-state index in [4.69, 9.17) is 32.7 Å². The standard InChI is InChI=1S/C34H32BrCl2N3O7/c1-46-27-16-19(3-11-26(27)41)2-10-25-22-8-9-23-28(24(22)17-33(36)31(44)39(18-35)32(45)34(25,33)37)30(43)40(29(23)42)21-6-4-20(5-7-21)38-12-14-47-15-13-38/h2-8,10-11,16,23-25,28,41H,9,12-15,17-18H2,1H3/t23-,24+,25-,28-,33+,34-/m0/s1. The zero-order valence-corrected chi connectivity index (χ0v) is 28.5. The van der Waals surface area contributed by atoms with Crippen molar-refractivity contribution in [3.8, 4) is 11.5 Å². The number of carbonyl (C=O) groups excluding carboxylic acids is 4. The molecule has 3 saturated heterocycles. The average molecular weight is 745 g/mol. The first-order chi connectivity index (χ1) is 22.5. The molecule has 0 bridgehead atoms. The van der Waals surface area contributed by atoms with E-state index in [1.165, 1.54) is 18.1 Å². The van der Waals surface area contributed by atoms with Gasteiger partial charge in [0.2, 0.25) is 11.8 Å². The first kappa shape index (κ1) is 32.2. The summed E-state index contributed by atoms with van der Waals surface area (Å²) in [5.41, 5.74) is 2.70. The number of allylic oxidation sites excluding steroid dienone is 3. The molecule has 47 heavy (non-hydrogen) atoms. The van der Waals surface area contributed by atoms with Gasteiger partial charge in [0.15, 0.2) is 21.2 Å². The van der Waals surface area contributed by atoms with E-state index in [1.54, 1.807) is 36.4 Å². The number of hydrogen-bond acceptors (Lipinski definition) is 8. The van der Waals surface area contributed by atoms with E-state index >= 15 is 0 Å². The Morgan fingerprint density at radius 2 is 1.70 bits per heavy atom. The van der Waals surface area contributed by atoms with Crippen LogP contribution in [0.1, 0.15) is 18.4 Å². The number of carbonyl (C=O) groups is 4. The largest absolute Gasteiger partial charge is 0.504 e. The monoisotopic (exact) mass is 743 g/mol. The lowest BCUT2D eigenvalue weighted by Gasteiger charge is -2.49. The highest BCUT2D eigenvalue weighted by atomic mass is 79.9. The molecule has 1 saturated carbocycles. The highest BCUT2D eigenvalue weighted by Gasteiger charge is 2.75. The zero-order chi connectivity index (χ0) is 33.2. The second-order valence-electron chi connectivity index (χ2n) is 12.4. The fourth-order valence-corrected chi connectivity index (χ4v) is 9.28. The Hall–Kier alpha value is -3.38. The Labute approximate surface area is 290 Å². The van der Waals surface area contributed by atoms with Crippen molar-refractivity contribution in [3.05, 3.63) is 65.8 Å². The number of alkyl halides is 3. The average Bonchev–Trinajstić information content (AvgIpc) is 3.42. The van der Waals surface area contributed by atoms with Gasteiger partial charge in [0.1, 0.15) is 0 Å². The summed E-state index contributed by atoms with van der Waals surface area (Å²) < 4.78 is 10.7. The molecule has 0 radical (unpaired) electrons. The number of likely N-dealkylation sites (tertiary alicyclic amines) is 1. The number of nitrogens with zero attached hydrogens (tertiary/aromatic N) is 3. The predicted octanol–water partition coefficient (Wildman–Crippen LogP) is 4.70. The van der Waals surface area contributed by atoms with Crippen LogP contribution in [0, 0.1) is 23.7 Å². The SMILES string of the molecule is COc1cc(C=C[C@H]2C3=CC[C@@H]4C(=O)N(c5ccc(N6CCOCC6)cc5)C(=O)[C@@H]4[C@@H]3C[C@@]3(Cl)C(=O)N(CBr)C(=O)[C@@]23Cl)ccc1O. The molecule has 10 nitrogen and oxygen atoms in total. The van der Waals surface area contributed by atoms with Crippen LogP contribution in [0.25, 0.3) is 6.08 Å². The van der Waals surface area contributed by atoms with Crippen LogP contribution in [0.3, 0.4) is 0 Å². The van der Waals surface area contributed by atoms with Gasteiger partial charge in [0.05, 0.1) is 43.3 Å². The van der Waals surface area contributed by atoms with E-state index in [1.807, 2.05) is 18.2 Å². The maximum Gasteiger partial charge on any atom is 0.254 e. The van der Waals surface area contributed by atoms with Crippen molar-refractivity contribution in [2.45, 2.75) is 22.6 Å². The van der Waals surface area contributed by atoms with E-state index in [-0.39, 0.29) is 41.6 Å². The van der Waals surface area contributed by atoms with Gasteiger partial charge >= 0.3 is 0 Å². The first-order valence-electron chi connectivity index (χ1n) is 15.4. The first-order valence-corrected chi connectivity index (χ1v) is 17.3. The summed E-state index contributed by atoms with van der Waals surface area (Å²) in [6.07, 6.45) is 5.53. The number of hydrogen-bond donors (Lipinski definition) is 1. The molecule has 0 aromatic heterocycles. The summed E-state index contributed by atoms with van der Waals surface area (Å²) in [5.74, 6) is -4.67. The van der Waals surface area contributed by atoms with Gasteiger partial charge in [-0.2, -0.15) is 0 Å². The van der Waals surface area contributed by atoms with Gasteiger partial charge in [0, 0.05) is 24.7 Å². The molecule has 4 fully saturated rings. The van der Waals surface area contributed by atoms with Crippen LogP contribution in [0.15, 0.2) is 60.2 Å². The molecule has 5 aliphatic rings. The van der Waals surface area contributed by atoms with E-state index in [0.29, 0.717) is 30.0 Å². The summed E-state index contributed by atoms with van der Waals surface area (Å²) in [6, 6.07) is 12.1. The number of benzene rings is 2. The summed E-state index contributed by atoms with van der Waals surface area (Å²) in [4.78, 5) is 56.5. The summed E-state index contributed by atoms with van der Waals surface area (Å²) in [5, 5.41) is 10.1. The number of morpholine rings is 1. The minimum Gasteiger partial charge on any atom is -0.504 e. The summed E-state index contributed by atoms with van der Waals surface area (Å²) >= 11 is 17.7. The van der Waals surface area contributed by atoms with Gasteiger partial charge in [-0.25, -0.2) is 0 Å². The van der Waals surface area contributed by atoms with Gasteiger partial charge in [-0.1, -0.05) is 45.8 Å². The third kappa shape index (κ3) is 4.75. The lowest BCUT2D eigenvalue weighted by atomic mass is 9.57. The van der Waals surface area contributed by atoms with Gasteiger partial charge in [0.25, 0.3) is 11.8 Å². The quantitative estimate of drug-likeness (QED) is 0.196. The molecule has 4 amide bonds. The highest BCUT2D eigenvalue weighted by molar-refractivity contribution is 9.09. The Morgan fingerprint density at radius 3 is 2.38 bits per heavy atom. The van der Waals surface area contributed by atoms with Gasteiger partial charge in [-0.3, -0.25) is 29.0 Å². The predicted molar refractivity (Wildman–Crippen MR) is 180 cm³/mol. The van der Waals surface area contributed by atoms with Crippen LogP contribution in [-0.4, -0.2) is 82.3 Å². The third-order valence-electron chi connectivity index (χ3n) is 10.2. The molecule has 0 unspecified atom stereocenters. The minimum atomic E-state index is -1.88. The van der Waals surface area contributed by atoms with Crippen LogP contribution in [0.5, 0.6) is 11.5 Å². The molecular weight excluding hydrogens is 713 g/mol. The second kappa shape index (κ2) is 11.9. The molecule has 13 heteroatoms. The Balaban J connectivity index is 1.26. The molecule has 246 valence electrons. The Kier molecular flexibility index (Phi) is 8.18. The van der Waals surface area contributed by atoms with Crippen molar-refractivity contribution in [1.29, 1.82) is 0 Å².